The lowest BCUT2D eigenvalue weighted by Gasteiger charge is -2.10. The van der Waals surface area contributed by atoms with Crippen molar-refractivity contribution in [2.75, 3.05) is 12.8 Å². The van der Waals surface area contributed by atoms with E-state index < -0.39 is 11.7 Å². The van der Waals surface area contributed by atoms with E-state index in [1.807, 2.05) is 24.3 Å². The van der Waals surface area contributed by atoms with Crippen molar-refractivity contribution < 1.29 is 13.9 Å². The molecule has 4 aromatic rings. The standard InChI is InChI=1S/C21H19FN6O2/c1-28-20-17(19(23)25-11-26-20)18(27-28)13-5-3-12(4-6-13)10-24-21(29)15-9-14(22)7-8-16(15)30-2/h3-9,11H,10H2,1-2H3,(H,24,29)(H2,23,25,26). The third kappa shape index (κ3) is 3.52. The van der Waals surface area contributed by atoms with Crippen molar-refractivity contribution in [1.82, 2.24) is 25.1 Å². The van der Waals surface area contributed by atoms with Gasteiger partial charge in [0, 0.05) is 19.2 Å². The second-order valence-corrected chi connectivity index (χ2v) is 6.65. The minimum atomic E-state index is -0.504. The van der Waals surface area contributed by atoms with Crippen molar-refractivity contribution in [3.63, 3.8) is 0 Å². The van der Waals surface area contributed by atoms with E-state index in [4.69, 9.17) is 10.5 Å². The summed E-state index contributed by atoms with van der Waals surface area (Å²) < 4.78 is 20.3. The number of nitrogens with two attached hydrogens (primary N) is 1. The smallest absolute Gasteiger partial charge is 0.255 e. The first-order valence-electron chi connectivity index (χ1n) is 9.12. The predicted octanol–water partition coefficient (Wildman–Crippen LogP) is 2.69. The van der Waals surface area contributed by atoms with Crippen LogP contribution in [0.4, 0.5) is 10.2 Å². The van der Waals surface area contributed by atoms with E-state index in [9.17, 15) is 9.18 Å². The van der Waals surface area contributed by atoms with Crippen LogP contribution in [-0.2, 0) is 13.6 Å². The maximum absolute atomic E-state index is 13.5. The van der Waals surface area contributed by atoms with Crippen LogP contribution in [0.15, 0.2) is 48.8 Å². The van der Waals surface area contributed by atoms with Crippen LogP contribution in [0.5, 0.6) is 5.75 Å². The quantitative estimate of drug-likeness (QED) is 0.528. The number of carbonyl (C=O) groups excluding carboxylic acids is 1. The first kappa shape index (κ1) is 19.3. The normalized spacial score (nSPS) is 10.9. The Kier molecular flexibility index (Phi) is 5.01. The molecule has 0 atom stereocenters. The first-order valence-corrected chi connectivity index (χ1v) is 9.12. The molecule has 2 heterocycles. The van der Waals surface area contributed by atoms with E-state index in [0.717, 1.165) is 17.2 Å². The second-order valence-electron chi connectivity index (χ2n) is 6.65. The van der Waals surface area contributed by atoms with Crippen LogP contribution in [0.1, 0.15) is 15.9 Å². The summed E-state index contributed by atoms with van der Waals surface area (Å²) in [7, 11) is 3.23. The molecule has 0 unspecified atom stereocenters. The number of fused-ring (bicyclic) bond motifs is 1. The average Bonchev–Trinajstić information content (AvgIpc) is 3.10. The van der Waals surface area contributed by atoms with Gasteiger partial charge in [0.15, 0.2) is 5.65 Å². The van der Waals surface area contributed by atoms with E-state index in [2.05, 4.69) is 20.4 Å². The largest absolute Gasteiger partial charge is 0.496 e. The van der Waals surface area contributed by atoms with Crippen LogP contribution in [0.3, 0.4) is 0 Å². The highest BCUT2D eigenvalue weighted by atomic mass is 19.1. The first-order chi connectivity index (χ1) is 14.5. The van der Waals surface area contributed by atoms with Crippen molar-refractivity contribution in [3.8, 4) is 17.0 Å². The summed E-state index contributed by atoms with van der Waals surface area (Å²) in [6, 6.07) is 11.3. The van der Waals surface area contributed by atoms with Crippen molar-refractivity contribution in [2.45, 2.75) is 6.54 Å². The van der Waals surface area contributed by atoms with Crippen molar-refractivity contribution in [1.29, 1.82) is 0 Å². The molecular weight excluding hydrogens is 387 g/mol. The molecule has 9 heteroatoms. The number of aryl methyl sites for hydroxylation is 1. The van der Waals surface area contributed by atoms with Crippen molar-refractivity contribution in [3.05, 3.63) is 65.7 Å². The van der Waals surface area contributed by atoms with Crippen LogP contribution in [0, 0.1) is 5.82 Å². The van der Waals surface area contributed by atoms with Gasteiger partial charge in [-0.05, 0) is 23.8 Å². The number of nitrogens with one attached hydrogen (secondary N) is 1. The van der Waals surface area contributed by atoms with Gasteiger partial charge in [-0.3, -0.25) is 4.79 Å². The summed E-state index contributed by atoms with van der Waals surface area (Å²) in [5, 5.41) is 7.97. The fourth-order valence-corrected chi connectivity index (χ4v) is 3.23. The molecule has 0 aliphatic carbocycles. The van der Waals surface area contributed by atoms with E-state index in [0.29, 0.717) is 28.3 Å². The number of nitrogens with zero attached hydrogens (tertiary/aromatic N) is 4. The Labute approximate surface area is 171 Å². The lowest BCUT2D eigenvalue weighted by molar-refractivity contribution is 0.0947. The van der Waals surface area contributed by atoms with Crippen molar-refractivity contribution in [2.24, 2.45) is 7.05 Å². The molecule has 0 radical (unpaired) electrons. The molecule has 30 heavy (non-hydrogen) atoms. The van der Waals surface area contributed by atoms with Crippen LogP contribution in [-0.4, -0.2) is 32.8 Å². The molecule has 0 saturated carbocycles. The number of benzene rings is 2. The summed E-state index contributed by atoms with van der Waals surface area (Å²) in [4.78, 5) is 20.7. The summed E-state index contributed by atoms with van der Waals surface area (Å²) >= 11 is 0. The molecule has 0 bridgehead atoms. The van der Waals surface area contributed by atoms with E-state index in [1.165, 1.54) is 25.6 Å². The Morgan fingerprint density at radius 2 is 1.97 bits per heavy atom. The predicted molar refractivity (Wildman–Crippen MR) is 110 cm³/mol. The van der Waals surface area contributed by atoms with Crippen LogP contribution >= 0.6 is 0 Å². The fourth-order valence-electron chi connectivity index (χ4n) is 3.23. The number of hydrogen-bond acceptors (Lipinski definition) is 6. The fraction of sp³-hybridized carbons (Fsp3) is 0.143. The van der Waals surface area contributed by atoms with Gasteiger partial charge in [0.05, 0.1) is 18.1 Å². The maximum atomic E-state index is 13.5. The highest BCUT2D eigenvalue weighted by Gasteiger charge is 2.16. The Morgan fingerprint density at radius 1 is 1.20 bits per heavy atom. The van der Waals surface area contributed by atoms with E-state index >= 15 is 0 Å². The molecule has 0 aliphatic rings. The van der Waals surface area contributed by atoms with E-state index in [1.54, 1.807) is 11.7 Å². The molecule has 2 aromatic heterocycles. The van der Waals surface area contributed by atoms with Gasteiger partial charge in [0.2, 0.25) is 0 Å². The Balaban J connectivity index is 1.53. The van der Waals surface area contributed by atoms with E-state index in [-0.39, 0.29) is 12.1 Å². The zero-order valence-electron chi connectivity index (χ0n) is 16.4. The summed E-state index contributed by atoms with van der Waals surface area (Å²) in [6.45, 7) is 0.271. The highest BCUT2D eigenvalue weighted by Crippen LogP contribution is 2.29. The van der Waals surface area contributed by atoms with Gasteiger partial charge < -0.3 is 15.8 Å². The number of rotatable bonds is 5. The topological polar surface area (TPSA) is 108 Å². The van der Waals surface area contributed by atoms with Gasteiger partial charge in [-0.25, -0.2) is 19.0 Å². The van der Waals surface area contributed by atoms with Gasteiger partial charge in [0.25, 0.3) is 5.91 Å². The highest BCUT2D eigenvalue weighted by molar-refractivity contribution is 5.98. The summed E-state index contributed by atoms with van der Waals surface area (Å²) in [5.41, 5.74) is 9.22. The van der Waals surface area contributed by atoms with Gasteiger partial charge in [-0.15, -0.1) is 0 Å². The number of nitrogen functional groups attached to an aromatic ring is 1. The number of carbonyl (C=O) groups is 1. The summed E-state index contributed by atoms with van der Waals surface area (Å²) in [5.74, 6) is -0.248. The van der Waals surface area contributed by atoms with Crippen molar-refractivity contribution >= 4 is 22.8 Å². The number of anilines is 1. The maximum Gasteiger partial charge on any atom is 0.255 e. The summed E-state index contributed by atoms with van der Waals surface area (Å²) in [6.07, 6.45) is 1.41. The Morgan fingerprint density at radius 3 is 2.70 bits per heavy atom. The Bertz CT molecular complexity index is 1240. The zero-order valence-corrected chi connectivity index (χ0v) is 16.4. The number of ether oxygens (including phenoxy) is 1. The molecule has 4 rings (SSSR count). The van der Waals surface area contributed by atoms with Crippen LogP contribution in [0.25, 0.3) is 22.3 Å². The molecule has 152 valence electrons. The molecule has 0 fully saturated rings. The number of aromatic nitrogens is 4. The average molecular weight is 406 g/mol. The Hall–Kier alpha value is -4.01. The monoisotopic (exact) mass is 406 g/mol. The van der Waals surface area contributed by atoms with Gasteiger partial charge >= 0.3 is 0 Å². The second kappa shape index (κ2) is 7.78. The molecular formula is C21H19FN6O2. The SMILES string of the molecule is COc1ccc(F)cc1C(=O)NCc1ccc(-c2nn(C)c3ncnc(N)c23)cc1. The molecule has 8 nitrogen and oxygen atoms in total. The molecule has 0 saturated heterocycles. The number of hydrogen-bond donors (Lipinski definition) is 2. The number of halogens is 1. The minimum Gasteiger partial charge on any atom is -0.496 e. The minimum absolute atomic E-state index is 0.143. The third-order valence-electron chi connectivity index (χ3n) is 4.74. The third-order valence-corrected chi connectivity index (χ3v) is 4.74. The van der Waals surface area contributed by atoms with Gasteiger partial charge in [-0.1, -0.05) is 24.3 Å². The lowest BCUT2D eigenvalue weighted by Crippen LogP contribution is -2.23. The van der Waals surface area contributed by atoms with Gasteiger partial charge in [0.1, 0.15) is 29.4 Å². The lowest BCUT2D eigenvalue weighted by atomic mass is 10.1. The van der Waals surface area contributed by atoms with Gasteiger partial charge in [-0.2, -0.15) is 5.10 Å². The zero-order chi connectivity index (χ0) is 21.3. The molecule has 3 N–H and O–H groups in total. The number of amides is 1. The molecule has 0 spiro atoms. The van der Waals surface area contributed by atoms with Crippen LogP contribution < -0.4 is 15.8 Å². The van der Waals surface area contributed by atoms with Crippen LogP contribution in [0.2, 0.25) is 0 Å². The number of methoxy groups -OCH3 is 1. The molecule has 0 aliphatic heterocycles. The molecule has 1 amide bonds. The molecule has 2 aromatic carbocycles.